The molecule has 0 N–H and O–H groups in total. The van der Waals surface area contributed by atoms with Crippen molar-refractivity contribution in [1.82, 2.24) is 14.7 Å². The normalized spacial score (nSPS) is 15.8. The van der Waals surface area contributed by atoms with Crippen LogP contribution in [0, 0.1) is 0 Å². The molecule has 0 radical (unpaired) electrons. The maximum Gasteiger partial charge on any atom is 0.0767 e. The van der Waals surface area contributed by atoms with Gasteiger partial charge in [0.1, 0.15) is 0 Å². The Balaban J connectivity index is 1.74. The molecule has 0 aliphatic carbocycles. The summed E-state index contributed by atoms with van der Waals surface area (Å²) in [5.74, 6) is 0. The standard InChI is InChI=1S/C17H22BrN3/c1-3-15-17(18)16(20(2)19-15)12-21-10-8-13-6-4-5-7-14(13)9-11-21/h4-7H,3,8-12H2,1-2H3. The first-order chi connectivity index (χ1) is 10.2. The summed E-state index contributed by atoms with van der Waals surface area (Å²) in [6.45, 7) is 5.36. The summed E-state index contributed by atoms with van der Waals surface area (Å²) in [6, 6.07) is 8.85. The van der Waals surface area contributed by atoms with E-state index in [0.717, 1.165) is 44.6 Å². The number of nitrogens with zero attached hydrogens (tertiary/aromatic N) is 3. The summed E-state index contributed by atoms with van der Waals surface area (Å²) in [5, 5.41) is 4.60. The SMILES string of the molecule is CCc1nn(C)c(CN2CCc3ccccc3CC2)c1Br. The quantitative estimate of drug-likeness (QED) is 0.848. The Morgan fingerprint density at radius 3 is 2.29 bits per heavy atom. The van der Waals surface area contributed by atoms with Gasteiger partial charge in [0.25, 0.3) is 0 Å². The molecule has 112 valence electrons. The monoisotopic (exact) mass is 347 g/mol. The number of aryl methyl sites for hydroxylation is 2. The molecule has 1 aromatic carbocycles. The zero-order valence-electron chi connectivity index (χ0n) is 12.8. The Hall–Kier alpha value is -1.13. The van der Waals surface area contributed by atoms with Crippen molar-refractivity contribution in [3.05, 3.63) is 51.3 Å². The van der Waals surface area contributed by atoms with E-state index < -0.39 is 0 Å². The van der Waals surface area contributed by atoms with Crippen molar-refractivity contribution >= 4 is 15.9 Å². The van der Waals surface area contributed by atoms with E-state index in [4.69, 9.17) is 0 Å². The minimum absolute atomic E-state index is 0.970. The van der Waals surface area contributed by atoms with Crippen molar-refractivity contribution in [3.8, 4) is 0 Å². The molecule has 1 aromatic heterocycles. The van der Waals surface area contributed by atoms with Crippen molar-refractivity contribution in [2.24, 2.45) is 7.05 Å². The van der Waals surface area contributed by atoms with Crippen LogP contribution in [0.25, 0.3) is 0 Å². The summed E-state index contributed by atoms with van der Waals surface area (Å²) in [4.78, 5) is 2.54. The Bertz CT molecular complexity index is 606. The third kappa shape index (κ3) is 3.06. The lowest BCUT2D eigenvalue weighted by Crippen LogP contribution is -2.27. The number of benzene rings is 1. The molecular weight excluding hydrogens is 326 g/mol. The van der Waals surface area contributed by atoms with Gasteiger partial charge < -0.3 is 0 Å². The van der Waals surface area contributed by atoms with E-state index in [9.17, 15) is 0 Å². The maximum atomic E-state index is 4.60. The average molecular weight is 348 g/mol. The molecule has 0 amide bonds. The highest BCUT2D eigenvalue weighted by Gasteiger charge is 2.18. The van der Waals surface area contributed by atoms with Gasteiger partial charge in [0.15, 0.2) is 0 Å². The molecule has 0 bridgehead atoms. The van der Waals surface area contributed by atoms with Crippen LogP contribution in [0.4, 0.5) is 0 Å². The van der Waals surface area contributed by atoms with Gasteiger partial charge in [0.05, 0.1) is 15.9 Å². The van der Waals surface area contributed by atoms with Crippen LogP contribution in [0.2, 0.25) is 0 Å². The lowest BCUT2D eigenvalue weighted by atomic mass is 10.0. The molecule has 4 heteroatoms. The molecular formula is C17H22BrN3. The fourth-order valence-electron chi connectivity index (χ4n) is 3.08. The molecule has 3 nitrogen and oxygen atoms in total. The number of halogens is 1. The average Bonchev–Trinajstić information content (AvgIpc) is 2.67. The number of fused-ring (bicyclic) bond motifs is 1. The Kier molecular flexibility index (Phi) is 4.45. The van der Waals surface area contributed by atoms with E-state index in [1.165, 1.54) is 21.3 Å². The van der Waals surface area contributed by atoms with Crippen molar-refractivity contribution in [1.29, 1.82) is 0 Å². The summed E-state index contributed by atoms with van der Waals surface area (Å²) >= 11 is 3.73. The van der Waals surface area contributed by atoms with Crippen LogP contribution in [-0.2, 0) is 32.9 Å². The molecule has 0 saturated heterocycles. The van der Waals surface area contributed by atoms with Gasteiger partial charge in [-0.3, -0.25) is 9.58 Å². The van der Waals surface area contributed by atoms with E-state index in [2.05, 4.69) is 57.1 Å². The Labute approximate surface area is 135 Å². The molecule has 21 heavy (non-hydrogen) atoms. The van der Waals surface area contributed by atoms with Crippen molar-refractivity contribution in [2.75, 3.05) is 13.1 Å². The highest BCUT2D eigenvalue weighted by Crippen LogP contribution is 2.24. The van der Waals surface area contributed by atoms with Gasteiger partial charge in [-0.2, -0.15) is 5.10 Å². The van der Waals surface area contributed by atoms with E-state index in [1.807, 2.05) is 11.7 Å². The maximum absolute atomic E-state index is 4.60. The first kappa shape index (κ1) is 14.8. The first-order valence-electron chi connectivity index (χ1n) is 7.68. The predicted octanol–water partition coefficient (Wildman–Crippen LogP) is 3.35. The Morgan fingerprint density at radius 2 is 1.76 bits per heavy atom. The highest BCUT2D eigenvalue weighted by atomic mass is 79.9. The Morgan fingerprint density at radius 1 is 1.14 bits per heavy atom. The summed E-state index contributed by atoms with van der Waals surface area (Å²) in [5.41, 5.74) is 5.47. The highest BCUT2D eigenvalue weighted by molar-refractivity contribution is 9.10. The van der Waals surface area contributed by atoms with Crippen LogP contribution in [0.1, 0.15) is 29.4 Å². The second-order valence-electron chi connectivity index (χ2n) is 5.73. The van der Waals surface area contributed by atoms with Crippen LogP contribution in [-0.4, -0.2) is 27.8 Å². The van der Waals surface area contributed by atoms with E-state index in [1.54, 1.807) is 0 Å². The van der Waals surface area contributed by atoms with Crippen LogP contribution in [0.15, 0.2) is 28.7 Å². The topological polar surface area (TPSA) is 21.1 Å². The molecule has 1 aliphatic heterocycles. The molecule has 0 unspecified atom stereocenters. The lowest BCUT2D eigenvalue weighted by Gasteiger charge is -2.20. The van der Waals surface area contributed by atoms with Crippen LogP contribution < -0.4 is 0 Å². The smallest absolute Gasteiger partial charge is 0.0767 e. The molecule has 0 fully saturated rings. The van der Waals surface area contributed by atoms with Gasteiger partial charge in [0.2, 0.25) is 0 Å². The van der Waals surface area contributed by atoms with Gasteiger partial charge in [0, 0.05) is 26.7 Å². The summed E-state index contributed by atoms with van der Waals surface area (Å²) in [7, 11) is 2.05. The minimum atomic E-state index is 0.970. The van der Waals surface area contributed by atoms with Crippen LogP contribution in [0.3, 0.4) is 0 Å². The molecule has 2 aromatic rings. The van der Waals surface area contributed by atoms with Gasteiger partial charge in [-0.1, -0.05) is 31.2 Å². The fraction of sp³-hybridized carbons (Fsp3) is 0.471. The zero-order valence-corrected chi connectivity index (χ0v) is 14.4. The van der Waals surface area contributed by atoms with Gasteiger partial charge in [-0.15, -0.1) is 0 Å². The number of hydrogen-bond donors (Lipinski definition) is 0. The second-order valence-corrected chi connectivity index (χ2v) is 6.52. The van der Waals surface area contributed by atoms with E-state index in [-0.39, 0.29) is 0 Å². The van der Waals surface area contributed by atoms with Crippen LogP contribution >= 0.6 is 15.9 Å². The van der Waals surface area contributed by atoms with Gasteiger partial charge >= 0.3 is 0 Å². The summed E-state index contributed by atoms with van der Waals surface area (Å²) in [6.07, 6.45) is 3.26. The van der Waals surface area contributed by atoms with Crippen molar-refractivity contribution in [2.45, 2.75) is 32.7 Å². The van der Waals surface area contributed by atoms with Gasteiger partial charge in [-0.05, 0) is 46.3 Å². The molecule has 3 rings (SSSR count). The third-order valence-electron chi connectivity index (χ3n) is 4.39. The number of rotatable bonds is 3. The molecule has 1 aliphatic rings. The second kappa shape index (κ2) is 6.32. The molecule has 0 spiro atoms. The molecule has 2 heterocycles. The number of aromatic nitrogens is 2. The van der Waals surface area contributed by atoms with E-state index in [0.29, 0.717) is 0 Å². The first-order valence-corrected chi connectivity index (χ1v) is 8.47. The molecule has 0 saturated carbocycles. The fourth-order valence-corrected chi connectivity index (χ4v) is 3.82. The minimum Gasteiger partial charge on any atom is -0.297 e. The van der Waals surface area contributed by atoms with Gasteiger partial charge in [-0.25, -0.2) is 0 Å². The van der Waals surface area contributed by atoms with Crippen LogP contribution in [0.5, 0.6) is 0 Å². The zero-order chi connectivity index (χ0) is 14.8. The molecule has 0 atom stereocenters. The van der Waals surface area contributed by atoms with E-state index >= 15 is 0 Å². The van der Waals surface area contributed by atoms with Crippen molar-refractivity contribution < 1.29 is 0 Å². The largest absolute Gasteiger partial charge is 0.297 e. The summed E-state index contributed by atoms with van der Waals surface area (Å²) < 4.78 is 3.22. The lowest BCUT2D eigenvalue weighted by molar-refractivity contribution is 0.271. The third-order valence-corrected chi connectivity index (χ3v) is 5.30. The number of hydrogen-bond acceptors (Lipinski definition) is 2. The van der Waals surface area contributed by atoms with Crippen molar-refractivity contribution in [3.63, 3.8) is 0 Å². The predicted molar refractivity (Wildman–Crippen MR) is 89.4 cm³/mol.